The Bertz CT molecular complexity index is 724. The molecule has 1 aliphatic rings. The fourth-order valence-corrected chi connectivity index (χ4v) is 2.99. The minimum atomic E-state index is -0.106. The van der Waals surface area contributed by atoms with E-state index < -0.39 is 0 Å². The smallest absolute Gasteiger partial charge is 0.229 e. The number of benzene rings is 1. The van der Waals surface area contributed by atoms with Crippen molar-refractivity contribution in [2.45, 2.75) is 12.8 Å². The van der Waals surface area contributed by atoms with Crippen LogP contribution in [-0.4, -0.2) is 43.2 Å². The van der Waals surface area contributed by atoms with Crippen molar-refractivity contribution in [1.29, 1.82) is 0 Å². The third kappa shape index (κ3) is 3.99. The molecule has 1 fully saturated rings. The summed E-state index contributed by atoms with van der Waals surface area (Å²) in [5.74, 6) is 1.78. The number of nitrogens with zero attached hydrogens (tertiary/aromatic N) is 3. The zero-order chi connectivity index (χ0) is 17.6. The van der Waals surface area contributed by atoms with E-state index >= 15 is 0 Å². The van der Waals surface area contributed by atoms with E-state index in [4.69, 9.17) is 9.47 Å². The van der Waals surface area contributed by atoms with Gasteiger partial charge in [-0.05, 0) is 31.0 Å². The van der Waals surface area contributed by atoms with E-state index in [1.165, 1.54) is 0 Å². The first-order valence-electron chi connectivity index (χ1n) is 8.26. The molecule has 0 aliphatic carbocycles. The molecule has 2 aromatic rings. The highest BCUT2D eigenvalue weighted by atomic mass is 16.5. The number of ether oxygens (including phenoxy) is 2. The zero-order valence-electron chi connectivity index (χ0n) is 14.4. The predicted molar refractivity (Wildman–Crippen MR) is 95.1 cm³/mol. The van der Waals surface area contributed by atoms with Crippen molar-refractivity contribution >= 4 is 17.5 Å². The van der Waals surface area contributed by atoms with Gasteiger partial charge in [0.15, 0.2) is 11.5 Å². The van der Waals surface area contributed by atoms with Crippen molar-refractivity contribution in [2.75, 3.05) is 37.5 Å². The van der Waals surface area contributed by atoms with Crippen LogP contribution in [0, 0.1) is 5.92 Å². The maximum Gasteiger partial charge on any atom is 0.229 e. The number of methoxy groups -OCH3 is 2. The molecule has 1 saturated heterocycles. The van der Waals surface area contributed by atoms with Crippen LogP contribution >= 0.6 is 0 Å². The lowest BCUT2D eigenvalue weighted by molar-refractivity contribution is -0.120. The van der Waals surface area contributed by atoms with Crippen LogP contribution in [0.1, 0.15) is 12.8 Å². The first-order valence-corrected chi connectivity index (χ1v) is 8.26. The maximum atomic E-state index is 12.6. The number of anilines is 2. The largest absolute Gasteiger partial charge is 0.493 e. The molecule has 1 aromatic heterocycles. The van der Waals surface area contributed by atoms with Crippen molar-refractivity contribution in [3.8, 4) is 11.5 Å². The van der Waals surface area contributed by atoms with Gasteiger partial charge < -0.3 is 19.7 Å². The van der Waals surface area contributed by atoms with Crippen molar-refractivity contribution in [3.63, 3.8) is 0 Å². The first kappa shape index (κ1) is 17.0. The Labute approximate surface area is 147 Å². The van der Waals surface area contributed by atoms with Crippen LogP contribution in [0.4, 0.5) is 11.6 Å². The molecule has 3 rings (SSSR count). The number of nitrogens with one attached hydrogen (secondary N) is 1. The molecule has 0 saturated carbocycles. The second-order valence-electron chi connectivity index (χ2n) is 5.89. The summed E-state index contributed by atoms with van der Waals surface area (Å²) in [5.41, 5.74) is 0.690. The second-order valence-corrected chi connectivity index (χ2v) is 5.89. The highest BCUT2D eigenvalue weighted by molar-refractivity contribution is 5.93. The van der Waals surface area contributed by atoms with Crippen LogP contribution in [0.5, 0.6) is 11.5 Å². The number of aromatic nitrogens is 2. The highest BCUT2D eigenvalue weighted by Gasteiger charge is 2.27. The Morgan fingerprint density at radius 3 is 2.68 bits per heavy atom. The van der Waals surface area contributed by atoms with E-state index in [-0.39, 0.29) is 11.8 Å². The van der Waals surface area contributed by atoms with Gasteiger partial charge in [-0.3, -0.25) is 4.79 Å². The molecular weight excluding hydrogens is 320 g/mol. The third-order valence-electron chi connectivity index (χ3n) is 4.28. The summed E-state index contributed by atoms with van der Waals surface area (Å²) >= 11 is 0. The molecule has 1 aliphatic heterocycles. The van der Waals surface area contributed by atoms with Gasteiger partial charge in [0.05, 0.1) is 20.1 Å². The minimum absolute atomic E-state index is 0.00662. The summed E-state index contributed by atoms with van der Waals surface area (Å²) in [6.07, 6.45) is 5.22. The third-order valence-corrected chi connectivity index (χ3v) is 4.28. The zero-order valence-corrected chi connectivity index (χ0v) is 14.4. The number of rotatable bonds is 5. The topological polar surface area (TPSA) is 76.6 Å². The molecule has 0 spiro atoms. The summed E-state index contributed by atoms with van der Waals surface area (Å²) in [4.78, 5) is 23.3. The first-order chi connectivity index (χ1) is 12.2. The molecule has 132 valence electrons. The Morgan fingerprint density at radius 2 is 1.96 bits per heavy atom. The van der Waals surface area contributed by atoms with Crippen LogP contribution in [0.25, 0.3) is 0 Å². The molecule has 25 heavy (non-hydrogen) atoms. The van der Waals surface area contributed by atoms with Gasteiger partial charge in [0.25, 0.3) is 0 Å². The average molecular weight is 342 g/mol. The van der Waals surface area contributed by atoms with Crippen molar-refractivity contribution in [1.82, 2.24) is 9.97 Å². The maximum absolute atomic E-state index is 12.6. The van der Waals surface area contributed by atoms with Gasteiger partial charge in [-0.1, -0.05) is 0 Å². The minimum Gasteiger partial charge on any atom is -0.493 e. The fourth-order valence-electron chi connectivity index (χ4n) is 2.99. The van der Waals surface area contributed by atoms with Crippen molar-refractivity contribution in [3.05, 3.63) is 36.7 Å². The SMILES string of the molecule is COc1ccc(NC(=O)[C@@H]2CCCN(c3ncccn3)C2)cc1OC. The van der Waals surface area contributed by atoms with Gasteiger partial charge in [-0.15, -0.1) is 0 Å². The standard InChI is InChI=1S/C18H22N4O3/c1-24-15-7-6-14(11-16(15)25-2)21-17(23)13-5-3-10-22(12-13)18-19-8-4-9-20-18/h4,6-9,11,13H,3,5,10,12H2,1-2H3,(H,21,23)/t13-/m1/s1. The lowest BCUT2D eigenvalue weighted by atomic mass is 9.97. The number of hydrogen-bond acceptors (Lipinski definition) is 6. The van der Waals surface area contributed by atoms with Gasteiger partial charge in [0, 0.05) is 37.2 Å². The Morgan fingerprint density at radius 1 is 1.20 bits per heavy atom. The number of piperidine rings is 1. The van der Waals surface area contributed by atoms with Crippen LogP contribution in [0.3, 0.4) is 0 Å². The van der Waals surface area contributed by atoms with E-state index in [9.17, 15) is 4.79 Å². The van der Waals surface area contributed by atoms with E-state index in [2.05, 4.69) is 20.2 Å². The molecule has 7 heteroatoms. The number of carbonyl (C=O) groups is 1. The summed E-state index contributed by atoms with van der Waals surface area (Å²) < 4.78 is 10.5. The van der Waals surface area contributed by atoms with E-state index in [0.29, 0.717) is 29.7 Å². The van der Waals surface area contributed by atoms with Crippen LogP contribution in [-0.2, 0) is 4.79 Å². The molecular formula is C18H22N4O3. The molecule has 1 aromatic carbocycles. The normalized spacial score (nSPS) is 17.0. The van der Waals surface area contributed by atoms with Gasteiger partial charge in [0.1, 0.15) is 0 Å². The molecule has 1 N–H and O–H groups in total. The molecule has 0 bridgehead atoms. The lowest BCUT2D eigenvalue weighted by Gasteiger charge is -2.31. The second kappa shape index (κ2) is 7.83. The summed E-state index contributed by atoms with van der Waals surface area (Å²) in [6.45, 7) is 1.48. The van der Waals surface area contributed by atoms with Gasteiger partial charge in [-0.25, -0.2) is 9.97 Å². The summed E-state index contributed by atoms with van der Waals surface area (Å²) in [7, 11) is 3.15. The molecule has 7 nitrogen and oxygen atoms in total. The Balaban J connectivity index is 1.67. The molecule has 1 atom stereocenters. The monoisotopic (exact) mass is 342 g/mol. The number of amides is 1. The predicted octanol–water partition coefficient (Wildman–Crippen LogP) is 2.35. The Kier molecular flexibility index (Phi) is 5.33. The molecule has 2 heterocycles. The quantitative estimate of drug-likeness (QED) is 0.899. The highest BCUT2D eigenvalue weighted by Crippen LogP contribution is 2.30. The van der Waals surface area contributed by atoms with Crippen molar-refractivity contribution in [2.24, 2.45) is 5.92 Å². The summed E-state index contributed by atoms with van der Waals surface area (Å²) in [6, 6.07) is 7.13. The molecule has 0 radical (unpaired) electrons. The van der Waals surface area contributed by atoms with Crippen LogP contribution in [0.15, 0.2) is 36.7 Å². The molecule has 1 amide bonds. The van der Waals surface area contributed by atoms with Crippen molar-refractivity contribution < 1.29 is 14.3 Å². The Hall–Kier alpha value is -2.83. The van der Waals surface area contributed by atoms with Gasteiger partial charge in [0.2, 0.25) is 11.9 Å². The van der Waals surface area contributed by atoms with Gasteiger partial charge in [-0.2, -0.15) is 0 Å². The van der Waals surface area contributed by atoms with E-state index in [0.717, 1.165) is 19.4 Å². The summed E-state index contributed by atoms with van der Waals surface area (Å²) in [5, 5.41) is 2.97. The van der Waals surface area contributed by atoms with E-state index in [1.54, 1.807) is 50.9 Å². The fraction of sp³-hybridized carbons (Fsp3) is 0.389. The van der Waals surface area contributed by atoms with E-state index in [1.807, 2.05) is 0 Å². The lowest BCUT2D eigenvalue weighted by Crippen LogP contribution is -2.41. The average Bonchev–Trinajstić information content (AvgIpc) is 2.68. The number of hydrogen-bond donors (Lipinski definition) is 1. The molecule has 0 unspecified atom stereocenters. The number of carbonyl (C=O) groups excluding carboxylic acids is 1. The van der Waals surface area contributed by atoms with Gasteiger partial charge >= 0.3 is 0 Å². The van der Waals surface area contributed by atoms with Crippen LogP contribution < -0.4 is 19.7 Å². The van der Waals surface area contributed by atoms with Crippen LogP contribution in [0.2, 0.25) is 0 Å².